The molecule has 0 saturated heterocycles. The Morgan fingerprint density at radius 3 is 2.71 bits per heavy atom. The molecule has 1 amide bonds. The van der Waals surface area contributed by atoms with Gasteiger partial charge in [-0.15, -0.1) is 0 Å². The average molecular weight is 232 g/mol. The Morgan fingerprint density at radius 1 is 1.41 bits per heavy atom. The van der Waals surface area contributed by atoms with E-state index in [-0.39, 0.29) is 0 Å². The van der Waals surface area contributed by atoms with Gasteiger partial charge in [0.15, 0.2) is 0 Å². The average Bonchev–Trinajstić information content (AvgIpc) is 2.87. The van der Waals surface area contributed by atoms with E-state index in [1.165, 1.54) is 0 Å². The van der Waals surface area contributed by atoms with Gasteiger partial charge in [0.2, 0.25) is 0 Å². The third-order valence-electron chi connectivity index (χ3n) is 2.34. The number of carbonyl (C=O) groups excluding carboxylic acids is 1. The minimum absolute atomic E-state index is 0.318. The smallest absolute Gasteiger partial charge is 0.283 e. The van der Waals surface area contributed by atoms with E-state index in [1.54, 1.807) is 13.2 Å². The fourth-order valence-electron chi connectivity index (χ4n) is 1.43. The van der Waals surface area contributed by atoms with E-state index >= 15 is 0 Å². The molecule has 2 aromatic rings. The van der Waals surface area contributed by atoms with Crippen LogP contribution < -0.4 is 16.0 Å². The maximum atomic E-state index is 11.2. The highest BCUT2D eigenvalue weighted by Gasteiger charge is 2.09. The maximum Gasteiger partial charge on any atom is 0.283 e. The molecule has 0 aliphatic rings. The van der Waals surface area contributed by atoms with Crippen LogP contribution in [0.1, 0.15) is 10.5 Å². The number of H-pyrrole nitrogens is 1. The second-order valence-electron chi connectivity index (χ2n) is 3.37. The number of nitrogens with zero attached hydrogens (tertiary/aromatic N) is 1. The van der Waals surface area contributed by atoms with Gasteiger partial charge >= 0.3 is 0 Å². The summed E-state index contributed by atoms with van der Waals surface area (Å²) in [6.45, 7) is 0. The summed E-state index contributed by atoms with van der Waals surface area (Å²) in [5.41, 5.74) is 3.91. The monoisotopic (exact) mass is 232 g/mol. The number of aromatic nitrogens is 2. The second kappa shape index (κ2) is 4.67. The number of hydrogen-bond donors (Lipinski definition) is 3. The van der Waals surface area contributed by atoms with Gasteiger partial charge in [0.25, 0.3) is 5.91 Å². The number of rotatable bonds is 3. The number of amides is 1. The van der Waals surface area contributed by atoms with Crippen molar-refractivity contribution in [3.8, 4) is 17.0 Å². The molecule has 6 nitrogen and oxygen atoms in total. The SMILES string of the molecule is COc1ccc(-c2cc(C(=O)NN)[nH]n2)cc1. The number of benzene rings is 1. The minimum Gasteiger partial charge on any atom is -0.497 e. The highest BCUT2D eigenvalue weighted by molar-refractivity contribution is 5.92. The number of hydrazine groups is 1. The quantitative estimate of drug-likeness (QED) is 0.412. The van der Waals surface area contributed by atoms with Gasteiger partial charge in [-0.1, -0.05) is 0 Å². The summed E-state index contributed by atoms with van der Waals surface area (Å²) >= 11 is 0. The van der Waals surface area contributed by atoms with E-state index in [0.29, 0.717) is 11.4 Å². The number of ether oxygens (including phenoxy) is 1. The Morgan fingerprint density at radius 2 is 2.12 bits per heavy atom. The van der Waals surface area contributed by atoms with Crippen LogP contribution in [-0.4, -0.2) is 23.2 Å². The Labute approximate surface area is 97.8 Å². The molecular weight excluding hydrogens is 220 g/mol. The van der Waals surface area contributed by atoms with Crippen LogP contribution in [0.2, 0.25) is 0 Å². The molecule has 0 radical (unpaired) electrons. The molecule has 1 aromatic heterocycles. The lowest BCUT2D eigenvalue weighted by Gasteiger charge is -1.99. The van der Waals surface area contributed by atoms with Crippen LogP contribution in [-0.2, 0) is 0 Å². The third-order valence-corrected chi connectivity index (χ3v) is 2.34. The van der Waals surface area contributed by atoms with E-state index in [9.17, 15) is 4.79 Å². The Balaban J connectivity index is 2.27. The van der Waals surface area contributed by atoms with Crippen molar-refractivity contribution in [1.29, 1.82) is 0 Å². The Hall–Kier alpha value is -2.34. The van der Waals surface area contributed by atoms with Gasteiger partial charge < -0.3 is 4.74 Å². The Kier molecular flexibility index (Phi) is 3.06. The summed E-state index contributed by atoms with van der Waals surface area (Å²) in [4.78, 5) is 11.2. The molecule has 0 atom stereocenters. The lowest BCUT2D eigenvalue weighted by Crippen LogP contribution is -2.30. The van der Waals surface area contributed by atoms with Gasteiger partial charge in [0.1, 0.15) is 11.4 Å². The van der Waals surface area contributed by atoms with E-state index < -0.39 is 5.91 Å². The maximum absolute atomic E-state index is 11.2. The topological polar surface area (TPSA) is 93.0 Å². The number of methoxy groups -OCH3 is 1. The number of nitrogens with two attached hydrogens (primary N) is 1. The van der Waals surface area contributed by atoms with E-state index in [4.69, 9.17) is 10.6 Å². The summed E-state index contributed by atoms with van der Waals surface area (Å²) < 4.78 is 5.06. The van der Waals surface area contributed by atoms with Gasteiger partial charge in [-0.25, -0.2) is 5.84 Å². The van der Waals surface area contributed by atoms with Crippen LogP contribution in [0, 0.1) is 0 Å². The zero-order valence-corrected chi connectivity index (χ0v) is 9.23. The van der Waals surface area contributed by atoms with Gasteiger partial charge in [-0.05, 0) is 30.3 Å². The van der Waals surface area contributed by atoms with Gasteiger partial charge in [-0.3, -0.25) is 15.3 Å². The lowest BCUT2D eigenvalue weighted by atomic mass is 10.1. The van der Waals surface area contributed by atoms with E-state index in [0.717, 1.165) is 11.3 Å². The number of nitrogens with one attached hydrogen (secondary N) is 2. The van der Waals surface area contributed by atoms with Gasteiger partial charge in [0.05, 0.1) is 12.8 Å². The molecule has 1 aromatic carbocycles. The van der Waals surface area contributed by atoms with Crippen molar-refractivity contribution >= 4 is 5.91 Å². The molecule has 0 unspecified atom stereocenters. The number of carbonyl (C=O) groups is 1. The molecular formula is C11H12N4O2. The first kappa shape index (κ1) is 11.2. The molecule has 0 aliphatic carbocycles. The fraction of sp³-hybridized carbons (Fsp3) is 0.0909. The molecule has 6 heteroatoms. The van der Waals surface area contributed by atoms with E-state index in [2.05, 4.69) is 10.2 Å². The lowest BCUT2D eigenvalue weighted by molar-refractivity contribution is 0.0948. The number of aromatic amines is 1. The van der Waals surface area contributed by atoms with E-state index in [1.807, 2.05) is 29.7 Å². The molecule has 4 N–H and O–H groups in total. The molecule has 0 spiro atoms. The van der Waals surface area contributed by atoms with Gasteiger partial charge in [0, 0.05) is 5.56 Å². The molecule has 2 rings (SSSR count). The van der Waals surface area contributed by atoms with Crippen molar-refractivity contribution in [2.75, 3.05) is 7.11 Å². The largest absolute Gasteiger partial charge is 0.497 e. The zero-order valence-electron chi connectivity index (χ0n) is 9.23. The normalized spacial score (nSPS) is 10.0. The minimum atomic E-state index is -0.405. The first-order chi connectivity index (χ1) is 8.24. The third kappa shape index (κ3) is 2.26. The second-order valence-corrected chi connectivity index (χ2v) is 3.37. The first-order valence-electron chi connectivity index (χ1n) is 4.95. The van der Waals surface area contributed by atoms with Crippen LogP contribution in [0.15, 0.2) is 30.3 Å². The molecule has 0 fully saturated rings. The Bertz CT molecular complexity index is 519. The van der Waals surface area contributed by atoms with Crippen molar-refractivity contribution in [3.63, 3.8) is 0 Å². The molecule has 1 heterocycles. The predicted octanol–water partition coefficient (Wildman–Crippen LogP) is 0.689. The summed E-state index contributed by atoms with van der Waals surface area (Å²) in [5.74, 6) is 5.39. The standard InChI is InChI=1S/C11H12N4O2/c1-17-8-4-2-7(3-5-8)9-6-10(15-14-9)11(16)13-12/h2-6H,12H2,1H3,(H,13,16)(H,14,15). The molecule has 0 saturated carbocycles. The van der Waals surface area contributed by atoms with Crippen molar-refractivity contribution in [3.05, 3.63) is 36.0 Å². The molecule has 17 heavy (non-hydrogen) atoms. The summed E-state index contributed by atoms with van der Waals surface area (Å²) in [6.07, 6.45) is 0. The van der Waals surface area contributed by atoms with Crippen LogP contribution >= 0.6 is 0 Å². The van der Waals surface area contributed by atoms with Crippen molar-refractivity contribution in [2.45, 2.75) is 0 Å². The van der Waals surface area contributed by atoms with Crippen molar-refractivity contribution in [2.24, 2.45) is 5.84 Å². The summed E-state index contributed by atoms with van der Waals surface area (Å²) in [7, 11) is 1.60. The van der Waals surface area contributed by atoms with Crippen LogP contribution in [0.4, 0.5) is 0 Å². The molecule has 0 aliphatic heterocycles. The highest BCUT2D eigenvalue weighted by Crippen LogP contribution is 2.20. The highest BCUT2D eigenvalue weighted by atomic mass is 16.5. The van der Waals surface area contributed by atoms with Crippen LogP contribution in [0.5, 0.6) is 5.75 Å². The van der Waals surface area contributed by atoms with Crippen LogP contribution in [0.3, 0.4) is 0 Å². The zero-order chi connectivity index (χ0) is 12.3. The fourth-order valence-corrected chi connectivity index (χ4v) is 1.43. The first-order valence-corrected chi connectivity index (χ1v) is 4.95. The van der Waals surface area contributed by atoms with Crippen LogP contribution in [0.25, 0.3) is 11.3 Å². The van der Waals surface area contributed by atoms with Crippen molar-refractivity contribution < 1.29 is 9.53 Å². The van der Waals surface area contributed by atoms with Gasteiger partial charge in [-0.2, -0.15) is 5.10 Å². The van der Waals surface area contributed by atoms with Crippen molar-refractivity contribution in [1.82, 2.24) is 15.6 Å². The summed E-state index contributed by atoms with van der Waals surface area (Å²) in [6, 6.07) is 9.00. The summed E-state index contributed by atoms with van der Waals surface area (Å²) in [5, 5.41) is 6.64. The molecule has 0 bridgehead atoms. The predicted molar refractivity (Wildman–Crippen MR) is 62.2 cm³/mol. The molecule has 88 valence electrons. The number of hydrogen-bond acceptors (Lipinski definition) is 4. The number of nitrogen functional groups attached to an aromatic ring is 1.